The van der Waals surface area contributed by atoms with Gasteiger partial charge in [-0.15, -0.1) is 0 Å². The molecule has 0 aliphatic heterocycles. The van der Waals surface area contributed by atoms with Crippen molar-refractivity contribution in [2.24, 2.45) is 0 Å². The lowest BCUT2D eigenvalue weighted by Gasteiger charge is -2.11. The highest BCUT2D eigenvalue weighted by atomic mass is 32.2. The molecule has 1 aromatic heterocycles. The number of carbonyl (C=O) groups is 1. The predicted octanol–water partition coefficient (Wildman–Crippen LogP) is 4.29. The molecule has 0 bridgehead atoms. The minimum Gasteiger partial charge on any atom is -0.494 e. The zero-order valence-corrected chi connectivity index (χ0v) is 18.7. The number of nitrogens with one attached hydrogen (secondary N) is 3. The maximum Gasteiger partial charge on any atom is 0.282 e. The largest absolute Gasteiger partial charge is 0.494 e. The Morgan fingerprint density at radius 1 is 1.06 bits per heavy atom. The summed E-state index contributed by atoms with van der Waals surface area (Å²) in [7, 11) is -4.10. The van der Waals surface area contributed by atoms with Crippen LogP contribution in [0.25, 0.3) is 0 Å². The first-order chi connectivity index (χ1) is 14.7. The molecule has 0 radical (unpaired) electrons. The normalized spacial score (nSPS) is 11.4. The second-order valence-corrected chi connectivity index (χ2v) is 8.92. The van der Waals surface area contributed by atoms with Gasteiger partial charge in [0.1, 0.15) is 11.3 Å². The summed E-state index contributed by atoms with van der Waals surface area (Å²) >= 11 is 0. The summed E-state index contributed by atoms with van der Waals surface area (Å²) in [6.07, 6.45) is 0. The van der Waals surface area contributed by atoms with Crippen molar-refractivity contribution in [1.29, 1.82) is 0 Å². The minimum absolute atomic E-state index is 0.0358. The van der Waals surface area contributed by atoms with Gasteiger partial charge in [-0.1, -0.05) is 26.0 Å². The number of hydrogen-bond acceptors (Lipinski definition) is 5. The molecule has 0 saturated heterocycles. The van der Waals surface area contributed by atoms with Crippen LogP contribution in [0, 0.1) is 6.92 Å². The van der Waals surface area contributed by atoms with Gasteiger partial charge >= 0.3 is 0 Å². The van der Waals surface area contributed by atoms with Gasteiger partial charge in [-0.25, -0.2) is 0 Å². The van der Waals surface area contributed by atoms with E-state index in [1.165, 1.54) is 0 Å². The van der Waals surface area contributed by atoms with Gasteiger partial charge in [0.05, 0.1) is 6.61 Å². The van der Waals surface area contributed by atoms with E-state index >= 15 is 0 Å². The molecule has 0 spiro atoms. The molecule has 0 aliphatic carbocycles. The van der Waals surface area contributed by atoms with Crippen molar-refractivity contribution in [3.63, 3.8) is 0 Å². The predicted molar refractivity (Wildman–Crippen MR) is 120 cm³/mol. The molecule has 1 amide bonds. The van der Waals surface area contributed by atoms with E-state index in [4.69, 9.17) is 4.74 Å². The Hall–Kier alpha value is -3.33. The Morgan fingerprint density at radius 3 is 2.26 bits per heavy atom. The zero-order valence-electron chi connectivity index (χ0n) is 17.9. The lowest BCUT2D eigenvalue weighted by Crippen LogP contribution is -2.20. The minimum atomic E-state index is -4.10. The number of aromatic nitrogens is 2. The molecule has 0 aliphatic rings. The van der Waals surface area contributed by atoms with E-state index in [9.17, 15) is 13.2 Å². The van der Waals surface area contributed by atoms with Crippen LogP contribution in [0.3, 0.4) is 0 Å². The van der Waals surface area contributed by atoms with E-state index in [0.717, 1.165) is 5.56 Å². The van der Waals surface area contributed by atoms with Gasteiger partial charge in [0.25, 0.3) is 15.9 Å². The molecule has 8 nitrogen and oxygen atoms in total. The third-order valence-electron chi connectivity index (χ3n) is 4.65. The van der Waals surface area contributed by atoms with Crippen LogP contribution in [-0.4, -0.2) is 31.1 Å². The van der Waals surface area contributed by atoms with Crippen LogP contribution in [0.5, 0.6) is 5.75 Å². The van der Waals surface area contributed by atoms with Gasteiger partial charge in [-0.3, -0.25) is 14.6 Å². The number of nitrogens with zero attached hydrogens (tertiary/aromatic N) is 1. The number of anilines is 2. The quantitative estimate of drug-likeness (QED) is 0.482. The fourth-order valence-corrected chi connectivity index (χ4v) is 4.23. The van der Waals surface area contributed by atoms with Gasteiger partial charge in [0.15, 0.2) is 0 Å². The topological polar surface area (TPSA) is 113 Å². The molecule has 0 unspecified atom stereocenters. The molecular weight excluding hydrogens is 416 g/mol. The molecule has 3 aromatic rings. The molecule has 164 valence electrons. The Kier molecular flexibility index (Phi) is 6.65. The highest BCUT2D eigenvalue weighted by molar-refractivity contribution is 7.92. The van der Waals surface area contributed by atoms with Crippen LogP contribution < -0.4 is 14.8 Å². The van der Waals surface area contributed by atoms with E-state index in [-0.39, 0.29) is 10.6 Å². The number of amides is 1. The first-order valence-electron chi connectivity index (χ1n) is 9.93. The third kappa shape index (κ3) is 5.24. The lowest BCUT2D eigenvalue weighted by atomic mass is 10.0. The maximum absolute atomic E-state index is 12.9. The Labute approximate surface area is 182 Å². The summed E-state index contributed by atoms with van der Waals surface area (Å²) < 4.78 is 33.6. The molecule has 3 N–H and O–H groups in total. The number of H-pyrrole nitrogens is 1. The molecule has 2 aromatic carbocycles. The first kappa shape index (κ1) is 22.4. The number of carbonyl (C=O) groups excluding carboxylic acids is 1. The fraction of sp³-hybridized carbons (Fsp3) is 0.273. The standard InChI is InChI=1S/C22H26N4O4S/c1-5-30-19-12-10-18(11-13-19)26-31(28,29)22-20(15(4)24-25-22)21(27)23-17-8-6-16(7-9-17)14(2)3/h6-14,26H,5H2,1-4H3,(H,23,27)(H,24,25). The number of aromatic amines is 1. The van der Waals surface area contributed by atoms with Crippen LogP contribution >= 0.6 is 0 Å². The summed E-state index contributed by atoms with van der Waals surface area (Å²) in [5.41, 5.74) is 2.35. The zero-order chi connectivity index (χ0) is 22.6. The molecular formula is C22H26N4O4S. The number of aryl methyl sites for hydroxylation is 1. The van der Waals surface area contributed by atoms with Crippen molar-refractivity contribution in [3.8, 4) is 5.75 Å². The van der Waals surface area contributed by atoms with E-state index in [1.807, 2.05) is 19.1 Å². The van der Waals surface area contributed by atoms with Crippen molar-refractivity contribution in [1.82, 2.24) is 10.2 Å². The SMILES string of the molecule is CCOc1ccc(NS(=O)(=O)c2n[nH]c(C)c2C(=O)Nc2ccc(C(C)C)cc2)cc1. The second-order valence-electron chi connectivity index (χ2n) is 7.32. The first-order valence-corrected chi connectivity index (χ1v) is 11.4. The second kappa shape index (κ2) is 9.22. The fourth-order valence-electron chi connectivity index (χ4n) is 3.00. The Morgan fingerprint density at radius 2 is 1.68 bits per heavy atom. The van der Waals surface area contributed by atoms with Crippen LogP contribution in [0.1, 0.15) is 48.3 Å². The van der Waals surface area contributed by atoms with Crippen LogP contribution in [-0.2, 0) is 10.0 Å². The average Bonchev–Trinajstić information content (AvgIpc) is 3.12. The average molecular weight is 443 g/mol. The smallest absolute Gasteiger partial charge is 0.282 e. The molecule has 0 saturated carbocycles. The summed E-state index contributed by atoms with van der Waals surface area (Å²) in [6, 6.07) is 13.9. The van der Waals surface area contributed by atoms with Crippen molar-refractivity contribution >= 4 is 27.3 Å². The van der Waals surface area contributed by atoms with E-state index in [2.05, 4.69) is 34.1 Å². The van der Waals surface area contributed by atoms with Gasteiger partial charge in [0.2, 0.25) is 5.03 Å². The molecule has 0 atom stereocenters. The Bertz CT molecular complexity index is 1150. The van der Waals surface area contributed by atoms with Crippen LogP contribution in [0.4, 0.5) is 11.4 Å². The number of benzene rings is 2. The molecule has 0 fully saturated rings. The number of hydrogen-bond donors (Lipinski definition) is 3. The summed E-state index contributed by atoms with van der Waals surface area (Å²) in [6.45, 7) is 8.13. The van der Waals surface area contributed by atoms with E-state index in [1.54, 1.807) is 43.3 Å². The molecule has 3 rings (SSSR count). The van der Waals surface area contributed by atoms with Crippen LogP contribution in [0.15, 0.2) is 53.6 Å². The monoisotopic (exact) mass is 442 g/mol. The van der Waals surface area contributed by atoms with Gasteiger partial charge in [-0.05, 0) is 61.7 Å². The molecule has 9 heteroatoms. The summed E-state index contributed by atoms with van der Waals surface area (Å²) in [5, 5.41) is 8.84. The van der Waals surface area contributed by atoms with Gasteiger partial charge in [-0.2, -0.15) is 13.5 Å². The van der Waals surface area contributed by atoms with Crippen LogP contribution in [0.2, 0.25) is 0 Å². The summed E-state index contributed by atoms with van der Waals surface area (Å²) in [5.74, 6) is 0.437. The molecule has 31 heavy (non-hydrogen) atoms. The van der Waals surface area contributed by atoms with Crippen molar-refractivity contribution in [3.05, 3.63) is 65.4 Å². The summed E-state index contributed by atoms with van der Waals surface area (Å²) in [4.78, 5) is 12.9. The van der Waals surface area contributed by atoms with Gasteiger partial charge < -0.3 is 10.1 Å². The van der Waals surface area contributed by atoms with Gasteiger partial charge in [0, 0.05) is 17.1 Å². The van der Waals surface area contributed by atoms with Crippen molar-refractivity contribution in [2.45, 2.75) is 38.6 Å². The maximum atomic E-state index is 12.9. The molecule has 1 heterocycles. The van der Waals surface area contributed by atoms with Crippen molar-refractivity contribution < 1.29 is 17.9 Å². The van der Waals surface area contributed by atoms with E-state index < -0.39 is 15.9 Å². The Balaban J connectivity index is 1.82. The lowest BCUT2D eigenvalue weighted by molar-refractivity contribution is 0.102. The van der Waals surface area contributed by atoms with E-state index in [0.29, 0.717) is 35.3 Å². The third-order valence-corrected chi connectivity index (χ3v) is 5.96. The highest BCUT2D eigenvalue weighted by Gasteiger charge is 2.28. The number of sulfonamides is 1. The highest BCUT2D eigenvalue weighted by Crippen LogP contribution is 2.23. The van der Waals surface area contributed by atoms with Crippen molar-refractivity contribution in [2.75, 3.05) is 16.6 Å². The number of ether oxygens (including phenoxy) is 1. The number of rotatable bonds is 8.